The van der Waals surface area contributed by atoms with E-state index in [4.69, 9.17) is 6.42 Å². The lowest BCUT2D eigenvalue weighted by molar-refractivity contribution is -0.147. The third kappa shape index (κ3) is 3.95. The maximum Gasteiger partial charge on any atom is 0.333 e. The Labute approximate surface area is 135 Å². The minimum atomic E-state index is -1.47. The van der Waals surface area contributed by atoms with Crippen molar-refractivity contribution in [1.29, 1.82) is 0 Å². The van der Waals surface area contributed by atoms with Crippen LogP contribution < -0.4 is 5.32 Å². The summed E-state index contributed by atoms with van der Waals surface area (Å²) in [6, 6.07) is 8.61. The van der Waals surface area contributed by atoms with Gasteiger partial charge < -0.3 is 10.4 Å². The van der Waals surface area contributed by atoms with Crippen LogP contribution in [-0.2, 0) is 15.1 Å². The van der Waals surface area contributed by atoms with Crippen molar-refractivity contribution in [2.45, 2.75) is 43.8 Å². The zero-order chi connectivity index (χ0) is 16.9. The largest absolute Gasteiger partial charge is 0.479 e. The van der Waals surface area contributed by atoms with E-state index in [0.29, 0.717) is 24.8 Å². The van der Waals surface area contributed by atoms with Gasteiger partial charge in [-0.25, -0.2) is 4.79 Å². The number of aliphatic carboxylic acids is 1. The molecule has 0 aliphatic carbocycles. The maximum atomic E-state index is 12.2. The number of rotatable bonds is 8. The van der Waals surface area contributed by atoms with Gasteiger partial charge in [0.05, 0.1) is 0 Å². The molecule has 2 rings (SSSR count). The molecule has 0 radical (unpaired) electrons. The standard InChI is InChI=1S/C17H19N3O3/c1-3-4-11-17(19-20-17)12-10-14(21)18-16(2,15(22)23)13-8-6-5-7-9-13/h1,5-9H,4,10-12H2,2H3,(H,18,21)(H,22,23). The Kier molecular flexibility index (Phi) is 4.80. The van der Waals surface area contributed by atoms with Crippen molar-refractivity contribution in [2.75, 3.05) is 0 Å². The van der Waals surface area contributed by atoms with Crippen LogP contribution in [0, 0.1) is 12.3 Å². The lowest BCUT2D eigenvalue weighted by Crippen LogP contribution is -2.49. The number of carbonyl (C=O) groups excluding carboxylic acids is 1. The fourth-order valence-electron chi connectivity index (χ4n) is 2.34. The Bertz CT molecular complexity index is 657. The highest BCUT2D eigenvalue weighted by Crippen LogP contribution is 2.37. The predicted molar refractivity (Wildman–Crippen MR) is 84.5 cm³/mol. The quantitative estimate of drug-likeness (QED) is 0.722. The molecule has 1 amide bonds. The molecule has 0 bridgehead atoms. The van der Waals surface area contributed by atoms with E-state index < -0.39 is 17.2 Å². The number of nitrogens with one attached hydrogen (secondary N) is 1. The molecule has 1 unspecified atom stereocenters. The van der Waals surface area contributed by atoms with E-state index in [2.05, 4.69) is 21.5 Å². The number of amides is 1. The molecule has 1 aromatic rings. The van der Waals surface area contributed by atoms with Gasteiger partial charge in [0, 0.05) is 25.7 Å². The predicted octanol–water partition coefficient (Wildman–Crippen LogP) is 2.46. The van der Waals surface area contributed by atoms with Crippen LogP contribution in [0.3, 0.4) is 0 Å². The van der Waals surface area contributed by atoms with Gasteiger partial charge in [-0.1, -0.05) is 30.3 Å². The van der Waals surface area contributed by atoms with E-state index in [1.54, 1.807) is 30.3 Å². The Morgan fingerprint density at radius 1 is 1.30 bits per heavy atom. The van der Waals surface area contributed by atoms with Crippen LogP contribution in [0.2, 0.25) is 0 Å². The summed E-state index contributed by atoms with van der Waals surface area (Å²) < 4.78 is 0. The molecule has 120 valence electrons. The molecular formula is C17H19N3O3. The first-order valence-electron chi connectivity index (χ1n) is 7.39. The first-order chi connectivity index (χ1) is 10.9. The molecule has 1 aromatic carbocycles. The Morgan fingerprint density at radius 2 is 1.96 bits per heavy atom. The molecule has 6 nitrogen and oxygen atoms in total. The fourth-order valence-corrected chi connectivity index (χ4v) is 2.34. The van der Waals surface area contributed by atoms with Gasteiger partial charge in [-0.3, -0.25) is 4.79 Å². The summed E-state index contributed by atoms with van der Waals surface area (Å²) in [5, 5.41) is 20.1. The zero-order valence-electron chi connectivity index (χ0n) is 13.0. The van der Waals surface area contributed by atoms with Crippen LogP contribution in [0.5, 0.6) is 0 Å². The summed E-state index contributed by atoms with van der Waals surface area (Å²) in [6.07, 6.45) is 6.97. The molecule has 0 spiro atoms. The van der Waals surface area contributed by atoms with Crippen molar-refractivity contribution in [3.05, 3.63) is 35.9 Å². The van der Waals surface area contributed by atoms with E-state index in [-0.39, 0.29) is 12.3 Å². The summed E-state index contributed by atoms with van der Waals surface area (Å²) in [5.74, 6) is 1.07. The van der Waals surface area contributed by atoms with Crippen molar-refractivity contribution >= 4 is 11.9 Å². The summed E-state index contributed by atoms with van der Waals surface area (Å²) in [6.45, 7) is 1.47. The second kappa shape index (κ2) is 6.61. The monoisotopic (exact) mass is 313 g/mol. The second-order valence-electron chi connectivity index (χ2n) is 5.73. The molecule has 1 aliphatic rings. The Hall–Kier alpha value is -2.68. The molecule has 0 fully saturated rings. The number of hydrogen-bond donors (Lipinski definition) is 2. The van der Waals surface area contributed by atoms with Crippen LogP contribution in [0.4, 0.5) is 0 Å². The molecule has 1 atom stereocenters. The molecule has 1 aliphatic heterocycles. The third-order valence-electron chi connectivity index (χ3n) is 3.97. The van der Waals surface area contributed by atoms with Crippen molar-refractivity contribution in [2.24, 2.45) is 10.2 Å². The number of nitrogens with zero attached hydrogens (tertiary/aromatic N) is 2. The highest BCUT2D eigenvalue weighted by atomic mass is 16.4. The van der Waals surface area contributed by atoms with Gasteiger partial charge in [0.25, 0.3) is 0 Å². The number of carbonyl (C=O) groups is 2. The average molecular weight is 313 g/mol. The molecular weight excluding hydrogens is 294 g/mol. The topological polar surface area (TPSA) is 91.1 Å². The molecule has 0 aromatic heterocycles. The average Bonchev–Trinajstić information content (AvgIpc) is 3.32. The number of terminal acetylenes is 1. The van der Waals surface area contributed by atoms with Gasteiger partial charge in [-0.15, -0.1) is 12.3 Å². The van der Waals surface area contributed by atoms with Gasteiger partial charge in [0.15, 0.2) is 11.2 Å². The number of carboxylic acids is 1. The SMILES string of the molecule is C#CCCC1(CCC(=O)NC(C)(C(=O)O)c2ccccc2)N=N1. The van der Waals surface area contributed by atoms with Crippen molar-refractivity contribution in [3.8, 4) is 12.3 Å². The Balaban J connectivity index is 1.97. The molecule has 23 heavy (non-hydrogen) atoms. The molecule has 0 saturated carbocycles. The van der Waals surface area contributed by atoms with Gasteiger partial charge >= 0.3 is 5.97 Å². The first kappa shape index (κ1) is 16.7. The summed E-state index contributed by atoms with van der Waals surface area (Å²) in [5.41, 5.74) is -1.50. The van der Waals surface area contributed by atoms with Crippen molar-refractivity contribution in [1.82, 2.24) is 5.32 Å². The number of benzene rings is 1. The van der Waals surface area contributed by atoms with E-state index in [0.717, 1.165) is 0 Å². The zero-order valence-corrected chi connectivity index (χ0v) is 13.0. The Morgan fingerprint density at radius 3 is 2.48 bits per heavy atom. The molecule has 1 heterocycles. The minimum absolute atomic E-state index is 0.146. The smallest absolute Gasteiger partial charge is 0.333 e. The highest BCUT2D eigenvalue weighted by Gasteiger charge is 2.41. The minimum Gasteiger partial charge on any atom is -0.479 e. The van der Waals surface area contributed by atoms with Gasteiger partial charge in [-0.2, -0.15) is 10.2 Å². The first-order valence-corrected chi connectivity index (χ1v) is 7.39. The van der Waals surface area contributed by atoms with Crippen LogP contribution in [0.15, 0.2) is 40.6 Å². The van der Waals surface area contributed by atoms with E-state index in [1.807, 2.05) is 0 Å². The van der Waals surface area contributed by atoms with E-state index in [9.17, 15) is 14.7 Å². The molecule has 6 heteroatoms. The van der Waals surface area contributed by atoms with E-state index >= 15 is 0 Å². The fraction of sp³-hybridized carbons (Fsp3) is 0.412. The number of carboxylic acid groups (broad SMARTS) is 1. The molecule has 2 N–H and O–H groups in total. The van der Waals surface area contributed by atoms with Crippen molar-refractivity contribution in [3.63, 3.8) is 0 Å². The number of hydrogen-bond acceptors (Lipinski definition) is 4. The van der Waals surface area contributed by atoms with Crippen LogP contribution in [0.25, 0.3) is 0 Å². The van der Waals surface area contributed by atoms with Crippen LogP contribution in [0.1, 0.15) is 38.2 Å². The van der Waals surface area contributed by atoms with Crippen LogP contribution in [-0.4, -0.2) is 22.6 Å². The summed E-state index contributed by atoms with van der Waals surface area (Å²) >= 11 is 0. The van der Waals surface area contributed by atoms with E-state index in [1.165, 1.54) is 6.92 Å². The highest BCUT2D eigenvalue weighted by molar-refractivity contribution is 5.87. The lowest BCUT2D eigenvalue weighted by Gasteiger charge is -2.27. The third-order valence-corrected chi connectivity index (χ3v) is 3.97. The van der Waals surface area contributed by atoms with Gasteiger partial charge in [0.2, 0.25) is 5.91 Å². The lowest BCUT2D eigenvalue weighted by atomic mass is 9.91. The molecule has 0 saturated heterocycles. The normalized spacial score (nSPS) is 16.9. The van der Waals surface area contributed by atoms with Crippen molar-refractivity contribution < 1.29 is 14.7 Å². The van der Waals surface area contributed by atoms with Gasteiger partial charge in [0.1, 0.15) is 0 Å². The summed E-state index contributed by atoms with van der Waals surface area (Å²) in [7, 11) is 0. The van der Waals surface area contributed by atoms with Crippen LogP contribution >= 0.6 is 0 Å². The maximum absolute atomic E-state index is 12.2. The van der Waals surface area contributed by atoms with Gasteiger partial charge in [-0.05, 0) is 12.5 Å². The summed E-state index contributed by atoms with van der Waals surface area (Å²) in [4.78, 5) is 23.8. The second-order valence-corrected chi connectivity index (χ2v) is 5.73.